The zero-order chi connectivity index (χ0) is 13.7. The van der Waals surface area contributed by atoms with Crippen molar-refractivity contribution in [2.24, 2.45) is 5.92 Å². The number of hydrogen-bond acceptors (Lipinski definition) is 1. The van der Waals surface area contributed by atoms with Crippen LogP contribution in [0.5, 0.6) is 0 Å². The van der Waals surface area contributed by atoms with Crippen LogP contribution >= 0.6 is 0 Å². The summed E-state index contributed by atoms with van der Waals surface area (Å²) >= 11 is 0. The van der Waals surface area contributed by atoms with Crippen molar-refractivity contribution in [3.63, 3.8) is 0 Å². The first-order valence-corrected chi connectivity index (χ1v) is 7.10. The van der Waals surface area contributed by atoms with Crippen LogP contribution in [0.2, 0.25) is 0 Å². The van der Waals surface area contributed by atoms with E-state index in [0.29, 0.717) is 5.92 Å². The summed E-state index contributed by atoms with van der Waals surface area (Å²) in [5.74, 6) is 0.691. The van der Waals surface area contributed by atoms with Crippen LogP contribution in [0.15, 0.2) is 43.1 Å². The Bertz CT molecular complexity index is 537. The maximum absolute atomic E-state index is 3.79. The van der Waals surface area contributed by atoms with Crippen molar-refractivity contribution < 1.29 is 0 Å². The molecule has 1 aromatic carbocycles. The number of fused-ring (bicyclic) bond motifs is 1. The first kappa shape index (κ1) is 13.9. The average molecular weight is 256 g/mol. The van der Waals surface area contributed by atoms with Crippen molar-refractivity contribution in [3.05, 3.63) is 48.7 Å². The first-order chi connectivity index (χ1) is 9.22. The number of hydrogen-bond donors (Lipinski definition) is 1. The number of benzene rings is 1. The molecule has 0 spiro atoms. The molecule has 0 saturated heterocycles. The molecule has 1 heterocycles. The van der Waals surface area contributed by atoms with Crippen molar-refractivity contribution in [1.82, 2.24) is 9.88 Å². The molecular weight excluding hydrogens is 232 g/mol. The molecule has 0 unspecified atom stereocenters. The summed E-state index contributed by atoms with van der Waals surface area (Å²) in [4.78, 5) is 0. The van der Waals surface area contributed by atoms with Gasteiger partial charge in [-0.15, -0.1) is 6.58 Å². The fourth-order valence-electron chi connectivity index (χ4n) is 2.36. The highest BCUT2D eigenvalue weighted by molar-refractivity contribution is 5.83. The van der Waals surface area contributed by atoms with Gasteiger partial charge in [0.15, 0.2) is 0 Å². The topological polar surface area (TPSA) is 17.0 Å². The molecule has 2 rings (SSSR count). The van der Waals surface area contributed by atoms with Crippen LogP contribution in [0.1, 0.15) is 25.8 Å². The Labute approximate surface area is 116 Å². The fraction of sp³-hybridized carbons (Fsp3) is 0.412. The molecule has 2 heteroatoms. The minimum absolute atomic E-state index is 0.691. The van der Waals surface area contributed by atoms with Crippen LogP contribution in [0, 0.1) is 5.92 Å². The Hall–Kier alpha value is -1.54. The van der Waals surface area contributed by atoms with Gasteiger partial charge in [0, 0.05) is 30.2 Å². The molecule has 0 radical (unpaired) electrons. The summed E-state index contributed by atoms with van der Waals surface area (Å²) in [6.45, 7) is 11.3. The molecule has 0 bridgehead atoms. The monoisotopic (exact) mass is 256 g/mol. The smallest absolute Gasteiger partial charge is 0.0483 e. The van der Waals surface area contributed by atoms with E-state index >= 15 is 0 Å². The molecule has 102 valence electrons. The standard InChI is InChI=1S/C17H24N2/c1-4-5-10-19-11-9-16-15(7-6-8-17(16)19)13-18-12-14(2)3/h4,6-9,11,14,18H,1,5,10,12-13H2,2-3H3. The molecule has 1 aromatic heterocycles. The predicted molar refractivity (Wildman–Crippen MR) is 83.3 cm³/mol. The van der Waals surface area contributed by atoms with Gasteiger partial charge in [-0.3, -0.25) is 0 Å². The maximum atomic E-state index is 3.79. The van der Waals surface area contributed by atoms with Gasteiger partial charge in [-0.05, 0) is 36.6 Å². The Morgan fingerprint density at radius 3 is 2.89 bits per heavy atom. The Morgan fingerprint density at radius 1 is 1.32 bits per heavy atom. The third kappa shape index (κ3) is 3.48. The van der Waals surface area contributed by atoms with Gasteiger partial charge in [0.1, 0.15) is 0 Å². The largest absolute Gasteiger partial charge is 0.347 e. The number of aromatic nitrogens is 1. The number of aryl methyl sites for hydroxylation is 1. The molecule has 19 heavy (non-hydrogen) atoms. The molecule has 0 atom stereocenters. The van der Waals surface area contributed by atoms with Crippen LogP contribution in [0.4, 0.5) is 0 Å². The van der Waals surface area contributed by atoms with Gasteiger partial charge in [0.25, 0.3) is 0 Å². The molecule has 0 saturated carbocycles. The second kappa shape index (κ2) is 6.58. The molecule has 2 aromatic rings. The number of nitrogens with zero attached hydrogens (tertiary/aromatic N) is 1. The lowest BCUT2D eigenvalue weighted by molar-refractivity contribution is 0.553. The van der Waals surface area contributed by atoms with Crippen molar-refractivity contribution in [2.75, 3.05) is 6.54 Å². The fourth-order valence-corrected chi connectivity index (χ4v) is 2.36. The van der Waals surface area contributed by atoms with Crippen molar-refractivity contribution in [2.45, 2.75) is 33.4 Å². The second-order valence-corrected chi connectivity index (χ2v) is 5.46. The molecule has 1 N–H and O–H groups in total. The molecule has 0 aliphatic carbocycles. The predicted octanol–water partition coefficient (Wildman–Crippen LogP) is 3.96. The van der Waals surface area contributed by atoms with Crippen LogP contribution < -0.4 is 5.32 Å². The van der Waals surface area contributed by atoms with Gasteiger partial charge in [-0.25, -0.2) is 0 Å². The highest BCUT2D eigenvalue weighted by Crippen LogP contribution is 2.20. The van der Waals surface area contributed by atoms with E-state index in [0.717, 1.165) is 26.1 Å². The lowest BCUT2D eigenvalue weighted by Crippen LogP contribution is -2.19. The van der Waals surface area contributed by atoms with Crippen molar-refractivity contribution >= 4 is 10.9 Å². The summed E-state index contributed by atoms with van der Waals surface area (Å²) < 4.78 is 2.31. The van der Waals surface area contributed by atoms with E-state index in [-0.39, 0.29) is 0 Å². The third-order valence-electron chi connectivity index (χ3n) is 3.35. The maximum Gasteiger partial charge on any atom is 0.0483 e. The Morgan fingerprint density at radius 2 is 2.16 bits per heavy atom. The van der Waals surface area contributed by atoms with E-state index in [4.69, 9.17) is 0 Å². The van der Waals surface area contributed by atoms with E-state index < -0.39 is 0 Å². The number of nitrogens with one attached hydrogen (secondary N) is 1. The van der Waals surface area contributed by atoms with Gasteiger partial charge >= 0.3 is 0 Å². The summed E-state index contributed by atoms with van der Waals surface area (Å²) in [6.07, 6.45) is 5.17. The van der Waals surface area contributed by atoms with Crippen molar-refractivity contribution in [3.8, 4) is 0 Å². The Kier molecular flexibility index (Phi) is 4.80. The summed E-state index contributed by atoms with van der Waals surface area (Å²) in [5.41, 5.74) is 2.71. The van der Waals surface area contributed by atoms with Gasteiger partial charge in [0.05, 0.1) is 0 Å². The SMILES string of the molecule is C=CCCn1ccc2c(CNCC(C)C)cccc21. The van der Waals surface area contributed by atoms with Crippen LogP contribution in [-0.4, -0.2) is 11.1 Å². The van der Waals surface area contributed by atoms with E-state index in [1.54, 1.807) is 0 Å². The summed E-state index contributed by atoms with van der Waals surface area (Å²) in [5, 5.41) is 4.88. The van der Waals surface area contributed by atoms with Gasteiger partial charge in [-0.2, -0.15) is 0 Å². The zero-order valence-electron chi connectivity index (χ0n) is 12.0. The van der Waals surface area contributed by atoms with Crippen LogP contribution in [-0.2, 0) is 13.1 Å². The molecular formula is C17H24N2. The second-order valence-electron chi connectivity index (χ2n) is 5.46. The lowest BCUT2D eigenvalue weighted by Gasteiger charge is -2.09. The molecule has 2 nitrogen and oxygen atoms in total. The van der Waals surface area contributed by atoms with E-state index in [1.165, 1.54) is 16.5 Å². The average Bonchev–Trinajstić information content (AvgIpc) is 2.80. The first-order valence-electron chi connectivity index (χ1n) is 7.10. The summed E-state index contributed by atoms with van der Waals surface area (Å²) in [7, 11) is 0. The van der Waals surface area contributed by atoms with Gasteiger partial charge < -0.3 is 9.88 Å². The Balaban J connectivity index is 2.16. The molecule has 0 aliphatic rings. The summed E-state index contributed by atoms with van der Waals surface area (Å²) in [6, 6.07) is 8.79. The molecule has 0 aliphatic heterocycles. The minimum Gasteiger partial charge on any atom is -0.347 e. The normalized spacial score (nSPS) is 11.3. The number of rotatable bonds is 7. The van der Waals surface area contributed by atoms with Crippen LogP contribution in [0.3, 0.4) is 0 Å². The number of allylic oxidation sites excluding steroid dienone is 1. The molecule has 0 amide bonds. The zero-order valence-corrected chi connectivity index (χ0v) is 12.0. The van der Waals surface area contributed by atoms with Gasteiger partial charge in [0.2, 0.25) is 0 Å². The lowest BCUT2D eigenvalue weighted by atomic mass is 10.1. The third-order valence-corrected chi connectivity index (χ3v) is 3.35. The van der Waals surface area contributed by atoms with E-state index in [2.05, 4.69) is 60.8 Å². The highest BCUT2D eigenvalue weighted by atomic mass is 14.9. The van der Waals surface area contributed by atoms with E-state index in [1.807, 2.05) is 6.08 Å². The van der Waals surface area contributed by atoms with Crippen molar-refractivity contribution in [1.29, 1.82) is 0 Å². The van der Waals surface area contributed by atoms with E-state index in [9.17, 15) is 0 Å². The highest BCUT2D eigenvalue weighted by Gasteiger charge is 2.05. The van der Waals surface area contributed by atoms with Gasteiger partial charge in [-0.1, -0.05) is 32.1 Å². The van der Waals surface area contributed by atoms with Crippen LogP contribution in [0.25, 0.3) is 10.9 Å². The minimum atomic E-state index is 0.691. The molecule has 0 fully saturated rings. The quantitative estimate of drug-likeness (QED) is 0.742.